The Kier molecular flexibility index (Phi) is 5.22. The summed E-state index contributed by atoms with van der Waals surface area (Å²) in [6.07, 6.45) is 0. The molecule has 0 aliphatic carbocycles. The Balaban J connectivity index is 1.46. The van der Waals surface area contributed by atoms with Gasteiger partial charge in [-0.2, -0.15) is 5.26 Å². The van der Waals surface area contributed by atoms with Crippen LogP contribution < -0.4 is 0 Å². The predicted octanol–water partition coefficient (Wildman–Crippen LogP) is 9.16. The van der Waals surface area contributed by atoms with E-state index < -0.39 is 0 Å². The lowest BCUT2D eigenvalue weighted by atomic mass is 10.0. The van der Waals surface area contributed by atoms with Crippen LogP contribution in [0.15, 0.2) is 106 Å². The van der Waals surface area contributed by atoms with Crippen LogP contribution >= 0.6 is 0 Å². The van der Waals surface area contributed by atoms with E-state index in [0.717, 1.165) is 55.0 Å². The number of hydrogen-bond donors (Lipinski definition) is 0. The van der Waals surface area contributed by atoms with Gasteiger partial charge in [-0.15, -0.1) is 0 Å². The van der Waals surface area contributed by atoms with E-state index in [1.165, 1.54) is 0 Å². The molecule has 8 aromatic rings. The fourth-order valence-electron chi connectivity index (χ4n) is 5.81. The van der Waals surface area contributed by atoms with Crippen molar-refractivity contribution < 1.29 is 8.83 Å². The van der Waals surface area contributed by atoms with Crippen molar-refractivity contribution in [3.63, 3.8) is 0 Å². The molecular formula is C36H22N4O2. The van der Waals surface area contributed by atoms with E-state index >= 15 is 0 Å². The Morgan fingerprint density at radius 2 is 1.21 bits per heavy atom. The van der Waals surface area contributed by atoms with Gasteiger partial charge in [0, 0.05) is 44.3 Å². The molecule has 0 saturated heterocycles. The lowest BCUT2D eigenvalue weighted by Crippen LogP contribution is -2.01. The standard InChI is InChI=1S/C36H22N4O2/c1-20-12-21(2)14-24(13-20)35-38-34(23-8-4-3-5-9-23)39-36(40-35)28-15-22(19-37)16-32-33(28)27-17-26-25-10-6-7-11-29(25)41-30(26)18-31(27)42-32/h3-18H,1-2H3. The summed E-state index contributed by atoms with van der Waals surface area (Å²) in [7, 11) is 0. The molecule has 3 aromatic heterocycles. The molecule has 0 atom stereocenters. The molecule has 0 radical (unpaired) electrons. The summed E-state index contributed by atoms with van der Waals surface area (Å²) in [4.78, 5) is 14.9. The summed E-state index contributed by atoms with van der Waals surface area (Å²) in [5.41, 5.74) is 8.02. The fraction of sp³-hybridized carbons (Fsp3) is 0.0556. The highest BCUT2D eigenvalue weighted by Gasteiger charge is 2.21. The first-order valence-electron chi connectivity index (χ1n) is 13.7. The average molecular weight is 543 g/mol. The molecule has 0 fully saturated rings. The monoisotopic (exact) mass is 542 g/mol. The molecule has 5 aromatic carbocycles. The van der Waals surface area contributed by atoms with E-state index in [1.807, 2.05) is 60.7 Å². The summed E-state index contributed by atoms with van der Waals surface area (Å²) in [6.45, 7) is 4.13. The highest BCUT2D eigenvalue weighted by molar-refractivity contribution is 6.18. The molecule has 0 N–H and O–H groups in total. The fourth-order valence-corrected chi connectivity index (χ4v) is 5.81. The van der Waals surface area contributed by atoms with Crippen LogP contribution in [0.4, 0.5) is 0 Å². The number of benzene rings is 5. The number of hydrogen-bond acceptors (Lipinski definition) is 6. The Morgan fingerprint density at radius 1 is 0.548 bits per heavy atom. The second kappa shape index (κ2) is 9.12. The van der Waals surface area contributed by atoms with E-state index in [2.05, 4.69) is 50.2 Å². The average Bonchev–Trinajstić information content (AvgIpc) is 3.56. The maximum Gasteiger partial charge on any atom is 0.164 e. The summed E-state index contributed by atoms with van der Waals surface area (Å²) in [5, 5.41) is 13.7. The van der Waals surface area contributed by atoms with Gasteiger partial charge in [0.05, 0.1) is 11.6 Å². The molecule has 6 heteroatoms. The van der Waals surface area contributed by atoms with Crippen molar-refractivity contribution in [2.45, 2.75) is 13.8 Å². The summed E-state index contributed by atoms with van der Waals surface area (Å²) in [5.74, 6) is 1.60. The Labute approximate surface area is 240 Å². The van der Waals surface area contributed by atoms with Crippen molar-refractivity contribution in [2.75, 3.05) is 0 Å². The van der Waals surface area contributed by atoms with Crippen molar-refractivity contribution >= 4 is 43.9 Å². The molecule has 0 spiro atoms. The number of fused-ring (bicyclic) bond motifs is 6. The van der Waals surface area contributed by atoms with Gasteiger partial charge in [0.1, 0.15) is 22.3 Å². The van der Waals surface area contributed by atoms with Crippen LogP contribution in [0.2, 0.25) is 0 Å². The van der Waals surface area contributed by atoms with Gasteiger partial charge in [-0.05, 0) is 50.2 Å². The Hall–Kier alpha value is -5.80. The third-order valence-electron chi connectivity index (χ3n) is 7.59. The SMILES string of the molecule is Cc1cc(C)cc(-c2nc(-c3ccccc3)nc(-c3cc(C#N)cc4oc5cc6oc7ccccc7c6cc5c34)n2)c1. The van der Waals surface area contributed by atoms with E-state index in [0.29, 0.717) is 39.8 Å². The summed E-state index contributed by atoms with van der Waals surface area (Å²) >= 11 is 0. The highest BCUT2D eigenvalue weighted by atomic mass is 16.3. The van der Waals surface area contributed by atoms with E-state index in [9.17, 15) is 5.26 Å². The number of furan rings is 2. The van der Waals surface area contributed by atoms with Crippen molar-refractivity contribution in [1.29, 1.82) is 5.26 Å². The minimum Gasteiger partial charge on any atom is -0.456 e. The molecule has 6 nitrogen and oxygen atoms in total. The molecule has 8 rings (SSSR count). The smallest absolute Gasteiger partial charge is 0.164 e. The normalized spacial score (nSPS) is 11.5. The molecular weight excluding hydrogens is 520 g/mol. The van der Waals surface area contributed by atoms with Crippen LogP contribution in [-0.2, 0) is 0 Å². The van der Waals surface area contributed by atoms with Gasteiger partial charge in [0.15, 0.2) is 17.5 Å². The molecule has 0 amide bonds. The minimum absolute atomic E-state index is 0.459. The zero-order chi connectivity index (χ0) is 28.4. The lowest BCUT2D eigenvalue weighted by Gasteiger charge is -2.10. The van der Waals surface area contributed by atoms with Gasteiger partial charge in [0.25, 0.3) is 0 Å². The summed E-state index contributed by atoms with van der Waals surface area (Å²) < 4.78 is 12.5. The Bertz CT molecular complexity index is 2370. The van der Waals surface area contributed by atoms with E-state index in [4.69, 9.17) is 23.8 Å². The van der Waals surface area contributed by atoms with Crippen LogP contribution in [0.1, 0.15) is 16.7 Å². The third-order valence-corrected chi connectivity index (χ3v) is 7.59. The molecule has 42 heavy (non-hydrogen) atoms. The van der Waals surface area contributed by atoms with Gasteiger partial charge in [-0.3, -0.25) is 0 Å². The van der Waals surface area contributed by atoms with Crippen molar-refractivity contribution in [1.82, 2.24) is 15.0 Å². The van der Waals surface area contributed by atoms with Crippen LogP contribution in [0.5, 0.6) is 0 Å². The van der Waals surface area contributed by atoms with Gasteiger partial charge in [-0.25, -0.2) is 15.0 Å². The Morgan fingerprint density at radius 3 is 2.00 bits per heavy atom. The van der Waals surface area contributed by atoms with Gasteiger partial charge >= 0.3 is 0 Å². The number of aromatic nitrogens is 3. The van der Waals surface area contributed by atoms with Crippen LogP contribution in [0.25, 0.3) is 78.0 Å². The number of aryl methyl sites for hydroxylation is 2. The maximum absolute atomic E-state index is 9.95. The van der Waals surface area contributed by atoms with Crippen molar-refractivity contribution in [2.24, 2.45) is 0 Å². The van der Waals surface area contributed by atoms with Gasteiger partial charge in [0.2, 0.25) is 0 Å². The summed E-state index contributed by atoms with van der Waals surface area (Å²) in [6, 6.07) is 34.0. The zero-order valence-corrected chi connectivity index (χ0v) is 22.8. The minimum atomic E-state index is 0.459. The molecule has 0 bridgehead atoms. The van der Waals surface area contributed by atoms with Gasteiger partial charge < -0.3 is 8.83 Å². The number of para-hydroxylation sites is 1. The van der Waals surface area contributed by atoms with E-state index in [1.54, 1.807) is 6.07 Å². The zero-order valence-electron chi connectivity index (χ0n) is 22.8. The van der Waals surface area contributed by atoms with Crippen LogP contribution in [-0.4, -0.2) is 15.0 Å². The number of nitrogens with zero attached hydrogens (tertiary/aromatic N) is 4. The number of nitriles is 1. The van der Waals surface area contributed by atoms with Gasteiger partial charge in [-0.1, -0.05) is 65.7 Å². The topological polar surface area (TPSA) is 88.7 Å². The van der Waals surface area contributed by atoms with Crippen molar-refractivity contribution in [3.05, 3.63) is 114 Å². The second-order valence-corrected chi connectivity index (χ2v) is 10.6. The molecule has 0 unspecified atom stereocenters. The van der Waals surface area contributed by atoms with Crippen LogP contribution in [0.3, 0.4) is 0 Å². The molecule has 0 aliphatic rings. The quantitative estimate of drug-likeness (QED) is 0.221. The van der Waals surface area contributed by atoms with Crippen molar-refractivity contribution in [3.8, 4) is 40.2 Å². The van der Waals surface area contributed by atoms with E-state index in [-0.39, 0.29) is 0 Å². The molecule has 198 valence electrons. The third kappa shape index (κ3) is 3.83. The first kappa shape index (κ1) is 24.0. The largest absolute Gasteiger partial charge is 0.456 e. The lowest BCUT2D eigenvalue weighted by molar-refractivity contribution is 0.656. The maximum atomic E-state index is 9.95. The predicted molar refractivity (Wildman–Crippen MR) is 165 cm³/mol. The first-order chi connectivity index (χ1) is 20.5. The number of rotatable bonds is 3. The molecule has 0 aliphatic heterocycles. The van der Waals surface area contributed by atoms with Crippen LogP contribution in [0, 0.1) is 25.2 Å². The second-order valence-electron chi connectivity index (χ2n) is 10.6. The first-order valence-corrected chi connectivity index (χ1v) is 13.7. The highest BCUT2D eigenvalue weighted by Crippen LogP contribution is 2.41. The molecule has 0 saturated carbocycles. The molecule has 3 heterocycles.